The molecule has 5 heteroatoms. The maximum Gasteiger partial charge on any atom is 0.258 e. The molecule has 0 saturated heterocycles. The van der Waals surface area contributed by atoms with E-state index >= 15 is 0 Å². The number of rotatable bonds is 2. The molecular formula is C18H14N2O3. The lowest BCUT2D eigenvalue weighted by Crippen LogP contribution is -2.33. The Balaban J connectivity index is 1.64. The summed E-state index contributed by atoms with van der Waals surface area (Å²) in [5.41, 5.74) is 2.59. The third-order valence-electron chi connectivity index (χ3n) is 3.97. The van der Waals surface area contributed by atoms with Crippen molar-refractivity contribution in [3.63, 3.8) is 0 Å². The fraction of sp³-hybridized carbons (Fsp3) is 0.111. The normalized spacial score (nSPS) is 16.5. The molecule has 114 valence electrons. The van der Waals surface area contributed by atoms with Crippen LogP contribution in [0.4, 0.5) is 11.4 Å². The number of amides is 2. The van der Waals surface area contributed by atoms with Gasteiger partial charge in [0.1, 0.15) is 5.75 Å². The van der Waals surface area contributed by atoms with Crippen LogP contribution in [0.3, 0.4) is 0 Å². The zero-order valence-electron chi connectivity index (χ0n) is 12.3. The summed E-state index contributed by atoms with van der Waals surface area (Å²) >= 11 is 0. The van der Waals surface area contributed by atoms with Gasteiger partial charge in [0.15, 0.2) is 6.73 Å². The molecule has 2 aliphatic rings. The van der Waals surface area contributed by atoms with Crippen molar-refractivity contribution in [2.75, 3.05) is 16.5 Å². The van der Waals surface area contributed by atoms with Gasteiger partial charge in [-0.15, -0.1) is 0 Å². The van der Waals surface area contributed by atoms with Gasteiger partial charge >= 0.3 is 0 Å². The molecule has 0 aromatic heterocycles. The molecule has 2 aromatic carbocycles. The molecule has 0 atom stereocenters. The van der Waals surface area contributed by atoms with Gasteiger partial charge in [-0.1, -0.05) is 18.2 Å². The third kappa shape index (κ3) is 2.36. The Morgan fingerprint density at radius 3 is 2.35 bits per heavy atom. The van der Waals surface area contributed by atoms with Gasteiger partial charge in [-0.2, -0.15) is 0 Å². The summed E-state index contributed by atoms with van der Waals surface area (Å²) in [5.74, 6) is 0.158. The molecule has 5 nitrogen and oxygen atoms in total. The summed E-state index contributed by atoms with van der Waals surface area (Å²) < 4.78 is 5.78. The van der Waals surface area contributed by atoms with Crippen molar-refractivity contribution in [3.8, 4) is 5.75 Å². The lowest BCUT2D eigenvalue weighted by atomic mass is 10.1. The van der Waals surface area contributed by atoms with Crippen LogP contribution < -0.4 is 14.5 Å². The fourth-order valence-corrected chi connectivity index (χ4v) is 2.83. The van der Waals surface area contributed by atoms with Crippen LogP contribution in [-0.2, 0) is 16.1 Å². The van der Waals surface area contributed by atoms with E-state index in [0.29, 0.717) is 19.0 Å². The average Bonchev–Trinajstić information content (AvgIpc) is 2.93. The minimum atomic E-state index is -0.313. The van der Waals surface area contributed by atoms with Crippen molar-refractivity contribution in [2.45, 2.75) is 6.54 Å². The Kier molecular flexibility index (Phi) is 3.12. The Labute approximate surface area is 133 Å². The molecule has 4 rings (SSSR count). The second kappa shape index (κ2) is 5.28. The Bertz CT molecular complexity index is 796. The predicted octanol–water partition coefficient (Wildman–Crippen LogP) is 2.47. The van der Waals surface area contributed by atoms with Gasteiger partial charge in [-0.25, -0.2) is 4.90 Å². The standard InChI is InChI=1S/C18H14N2O3/c21-17-8-9-18(22)20(17)15-6-7-16-13(10-15)11-19(12-23-16)14-4-2-1-3-5-14/h1-10H,11-12H2. The number of carbonyl (C=O) groups excluding carboxylic acids is 2. The third-order valence-corrected chi connectivity index (χ3v) is 3.97. The zero-order valence-corrected chi connectivity index (χ0v) is 12.3. The van der Waals surface area contributed by atoms with Crippen molar-refractivity contribution in [3.05, 3.63) is 66.2 Å². The van der Waals surface area contributed by atoms with E-state index in [1.807, 2.05) is 42.5 Å². The van der Waals surface area contributed by atoms with Gasteiger partial charge in [0.25, 0.3) is 11.8 Å². The highest BCUT2D eigenvalue weighted by Gasteiger charge is 2.27. The Morgan fingerprint density at radius 1 is 0.870 bits per heavy atom. The molecule has 2 heterocycles. The number of para-hydroxylation sites is 1. The van der Waals surface area contributed by atoms with Crippen LogP contribution in [0.5, 0.6) is 5.75 Å². The Hall–Kier alpha value is -3.08. The van der Waals surface area contributed by atoms with E-state index in [9.17, 15) is 9.59 Å². The molecule has 2 aliphatic heterocycles. The summed E-state index contributed by atoms with van der Waals surface area (Å²) in [6.07, 6.45) is 2.57. The molecule has 0 bridgehead atoms. The molecule has 0 N–H and O–H groups in total. The average molecular weight is 306 g/mol. The van der Waals surface area contributed by atoms with Gasteiger partial charge in [0.2, 0.25) is 0 Å². The first-order valence-corrected chi connectivity index (χ1v) is 7.34. The largest absolute Gasteiger partial charge is 0.473 e. The molecule has 0 aliphatic carbocycles. The summed E-state index contributed by atoms with van der Waals surface area (Å²) in [6, 6.07) is 15.4. The molecule has 2 aromatic rings. The maximum atomic E-state index is 11.8. The van der Waals surface area contributed by atoms with E-state index in [4.69, 9.17) is 4.74 Å². The highest BCUT2D eigenvalue weighted by Crippen LogP contribution is 2.32. The van der Waals surface area contributed by atoms with Crippen LogP contribution >= 0.6 is 0 Å². The number of hydrogen-bond donors (Lipinski definition) is 0. The number of anilines is 2. The number of fused-ring (bicyclic) bond motifs is 1. The van der Waals surface area contributed by atoms with Gasteiger partial charge in [-0.05, 0) is 30.3 Å². The van der Waals surface area contributed by atoms with E-state index in [1.54, 1.807) is 6.07 Å². The lowest BCUT2D eigenvalue weighted by molar-refractivity contribution is -0.119. The van der Waals surface area contributed by atoms with Crippen LogP contribution in [0.1, 0.15) is 5.56 Å². The number of benzene rings is 2. The summed E-state index contributed by atoms with van der Waals surface area (Å²) in [4.78, 5) is 26.9. The predicted molar refractivity (Wildman–Crippen MR) is 86.2 cm³/mol. The molecule has 0 spiro atoms. The second-order valence-electron chi connectivity index (χ2n) is 5.44. The summed E-state index contributed by atoms with van der Waals surface area (Å²) in [5, 5.41) is 0. The molecule has 23 heavy (non-hydrogen) atoms. The van der Waals surface area contributed by atoms with E-state index in [2.05, 4.69) is 4.90 Å². The van der Waals surface area contributed by atoms with E-state index in [-0.39, 0.29) is 11.8 Å². The molecule has 0 unspecified atom stereocenters. The molecule has 0 fully saturated rings. The minimum absolute atomic E-state index is 0.313. The first kappa shape index (κ1) is 13.6. The Morgan fingerprint density at radius 2 is 1.61 bits per heavy atom. The zero-order chi connectivity index (χ0) is 15.8. The summed E-state index contributed by atoms with van der Waals surface area (Å²) in [7, 11) is 0. The first-order valence-electron chi connectivity index (χ1n) is 7.34. The minimum Gasteiger partial charge on any atom is -0.473 e. The van der Waals surface area contributed by atoms with Crippen LogP contribution in [0.15, 0.2) is 60.7 Å². The number of carbonyl (C=O) groups is 2. The topological polar surface area (TPSA) is 49.9 Å². The molecule has 0 saturated carbocycles. The lowest BCUT2D eigenvalue weighted by Gasteiger charge is -2.31. The summed E-state index contributed by atoms with van der Waals surface area (Å²) in [6.45, 7) is 1.14. The van der Waals surface area contributed by atoms with Crippen LogP contribution in [0.25, 0.3) is 0 Å². The van der Waals surface area contributed by atoms with Gasteiger partial charge < -0.3 is 9.64 Å². The quantitative estimate of drug-likeness (QED) is 0.800. The van der Waals surface area contributed by atoms with E-state index in [0.717, 1.165) is 17.0 Å². The fourth-order valence-electron chi connectivity index (χ4n) is 2.83. The first-order chi connectivity index (χ1) is 11.2. The van der Waals surface area contributed by atoms with Gasteiger partial charge in [-0.3, -0.25) is 9.59 Å². The van der Waals surface area contributed by atoms with Crippen molar-refractivity contribution in [1.29, 1.82) is 0 Å². The molecule has 0 radical (unpaired) electrons. The molecule has 2 amide bonds. The van der Waals surface area contributed by atoms with Crippen molar-refractivity contribution in [1.82, 2.24) is 0 Å². The SMILES string of the molecule is O=C1C=CC(=O)N1c1ccc2c(c1)CN(c1ccccc1)CO2. The highest BCUT2D eigenvalue weighted by atomic mass is 16.5. The van der Waals surface area contributed by atoms with Crippen LogP contribution in [0, 0.1) is 0 Å². The van der Waals surface area contributed by atoms with Crippen molar-refractivity contribution < 1.29 is 14.3 Å². The second-order valence-corrected chi connectivity index (χ2v) is 5.44. The van der Waals surface area contributed by atoms with E-state index < -0.39 is 0 Å². The van der Waals surface area contributed by atoms with Gasteiger partial charge in [0, 0.05) is 29.9 Å². The number of nitrogens with zero attached hydrogens (tertiary/aromatic N) is 2. The number of ether oxygens (including phenoxy) is 1. The van der Waals surface area contributed by atoms with Crippen molar-refractivity contribution in [2.24, 2.45) is 0 Å². The highest BCUT2D eigenvalue weighted by molar-refractivity contribution is 6.28. The van der Waals surface area contributed by atoms with Gasteiger partial charge in [0.05, 0.1) is 5.69 Å². The number of hydrogen-bond acceptors (Lipinski definition) is 4. The maximum absolute atomic E-state index is 11.8. The van der Waals surface area contributed by atoms with Crippen LogP contribution in [-0.4, -0.2) is 18.5 Å². The monoisotopic (exact) mass is 306 g/mol. The smallest absolute Gasteiger partial charge is 0.258 e. The van der Waals surface area contributed by atoms with E-state index in [1.165, 1.54) is 17.1 Å². The number of imide groups is 1. The molecular weight excluding hydrogens is 292 g/mol. The van der Waals surface area contributed by atoms with Crippen molar-refractivity contribution >= 4 is 23.2 Å². The van der Waals surface area contributed by atoms with Crippen LogP contribution in [0.2, 0.25) is 0 Å².